The molecule has 3 aromatic heterocycles. The van der Waals surface area contributed by atoms with Gasteiger partial charge in [-0.15, -0.1) is 35.7 Å². The molecule has 4 aromatic carbocycles. The zero-order chi connectivity index (χ0) is 39.6. The second-order valence-corrected chi connectivity index (χ2v) is 18.2. The Kier molecular flexibility index (Phi) is 11.4. The number of aryl methyl sites for hydroxylation is 1. The van der Waals surface area contributed by atoms with E-state index in [1.807, 2.05) is 18.3 Å². The molecule has 3 heterocycles. The molecule has 0 N–H and O–H groups in total. The molecule has 0 spiro atoms. The molecule has 0 aliphatic heterocycles. The normalized spacial score (nSPS) is 12.4. The quantitative estimate of drug-likeness (QED) is 0.143. The predicted molar refractivity (Wildman–Crippen MR) is 230 cm³/mol. The molecule has 0 amide bonds. The molecule has 7 rings (SSSR count). The van der Waals surface area contributed by atoms with Crippen molar-refractivity contribution in [2.75, 3.05) is 0 Å². The summed E-state index contributed by atoms with van der Waals surface area (Å²) < 4.78 is 11.0. The van der Waals surface area contributed by atoms with Gasteiger partial charge in [0, 0.05) is 28.8 Å². The number of aromatic nitrogens is 4. The largest absolute Gasteiger partial charge is 2.00 e. The maximum absolute atomic E-state index is 6.67. The average Bonchev–Trinajstić information content (AvgIpc) is 3.68. The van der Waals surface area contributed by atoms with E-state index in [2.05, 4.69) is 178 Å². The summed E-state index contributed by atoms with van der Waals surface area (Å²) in [7, 11) is 0. The maximum Gasteiger partial charge on any atom is 2.00 e. The number of hydrogen-bond donors (Lipinski definition) is 0. The van der Waals surface area contributed by atoms with Crippen molar-refractivity contribution in [3.63, 3.8) is 0 Å². The van der Waals surface area contributed by atoms with Gasteiger partial charge in [-0.25, -0.2) is 4.98 Å². The van der Waals surface area contributed by atoms with E-state index in [9.17, 15) is 0 Å². The summed E-state index contributed by atoms with van der Waals surface area (Å²) in [5, 5.41) is 7.65. The van der Waals surface area contributed by atoms with Crippen LogP contribution in [0.25, 0.3) is 44.4 Å². The fourth-order valence-electron chi connectivity index (χ4n) is 7.54. The van der Waals surface area contributed by atoms with Gasteiger partial charge in [0.1, 0.15) is 5.82 Å². The summed E-state index contributed by atoms with van der Waals surface area (Å²) in [6.07, 6.45) is 1.90. The number of para-hydroxylation sites is 1. The predicted octanol–water partition coefficient (Wildman–Crippen LogP) is 13.7. The summed E-state index contributed by atoms with van der Waals surface area (Å²) >= 11 is 0. The van der Waals surface area contributed by atoms with Gasteiger partial charge in [-0.1, -0.05) is 132 Å². The van der Waals surface area contributed by atoms with Crippen LogP contribution >= 0.6 is 0 Å². The SMILES string of the molecule is Cc1cc(Oc2[c-]c3c(cc2)c2ccccc2n3-c2cc(C(C)C)ccn2)[c-]c(-n2nc(C(C)C)c(-c3cc(C(C)(C)C)cc(C(C)(C)C)c3)c2C(C)C)c1.[Pt+2]. The monoisotopic (exact) mass is 923 g/mol. The van der Waals surface area contributed by atoms with Crippen molar-refractivity contribution in [2.24, 2.45) is 0 Å². The first-order valence-corrected chi connectivity index (χ1v) is 19.8. The van der Waals surface area contributed by atoms with Crippen LogP contribution in [-0.4, -0.2) is 19.3 Å². The number of nitrogens with zero attached hydrogens (tertiary/aromatic N) is 4. The van der Waals surface area contributed by atoms with Crippen LogP contribution in [0.4, 0.5) is 0 Å². The summed E-state index contributed by atoms with van der Waals surface area (Å²) in [6, 6.07) is 35.5. The third kappa shape index (κ3) is 7.90. The van der Waals surface area contributed by atoms with E-state index in [4.69, 9.17) is 14.8 Å². The summed E-state index contributed by atoms with van der Waals surface area (Å²) in [6.45, 7) is 29.3. The molecule has 0 radical (unpaired) electrons. The fraction of sp³-hybridized carbons (Fsp3) is 0.360. The zero-order valence-corrected chi connectivity index (χ0v) is 37.6. The van der Waals surface area contributed by atoms with Crippen LogP contribution in [0.1, 0.15) is 134 Å². The van der Waals surface area contributed by atoms with Gasteiger partial charge in [0.2, 0.25) is 0 Å². The van der Waals surface area contributed by atoms with Crippen LogP contribution in [0.3, 0.4) is 0 Å². The number of rotatable bonds is 8. The van der Waals surface area contributed by atoms with Gasteiger partial charge in [-0.2, -0.15) is 16.7 Å². The molecule has 6 heteroatoms. The Morgan fingerprint density at radius 2 is 1.36 bits per heavy atom. The minimum atomic E-state index is 0. The maximum atomic E-state index is 6.67. The fourth-order valence-corrected chi connectivity index (χ4v) is 7.54. The number of fused-ring (bicyclic) bond motifs is 3. The molecule has 0 bridgehead atoms. The van der Waals surface area contributed by atoms with Crippen molar-refractivity contribution in [3.8, 4) is 34.1 Å². The third-order valence-electron chi connectivity index (χ3n) is 10.6. The van der Waals surface area contributed by atoms with Gasteiger partial charge >= 0.3 is 21.1 Å². The summed E-state index contributed by atoms with van der Waals surface area (Å²) in [5.41, 5.74) is 12.6. The molecule has 0 saturated carbocycles. The molecule has 0 atom stereocenters. The van der Waals surface area contributed by atoms with Gasteiger partial charge in [0.25, 0.3) is 0 Å². The standard InChI is InChI=1S/C50H56N4O.Pt/c1-30(2)34-20-21-51-45(26-34)53-43-17-15-14-16-41(43)42-19-18-39(29-44(42)53)55-40-23-33(7)22-38(28-40)54-48(32(5)6)46(47(52-54)31(3)4)35-24-36(49(8,9)10)27-37(25-35)50(11,12)13;/h14-27,30-32H,1-13H3;/q-2;+2. The Hall–Kier alpha value is -4.47. The molecule has 5 nitrogen and oxygen atoms in total. The van der Waals surface area contributed by atoms with Crippen LogP contribution in [0.2, 0.25) is 0 Å². The van der Waals surface area contributed by atoms with Gasteiger partial charge < -0.3 is 9.30 Å². The van der Waals surface area contributed by atoms with Crippen LogP contribution < -0.4 is 4.74 Å². The van der Waals surface area contributed by atoms with Crippen LogP contribution in [-0.2, 0) is 31.9 Å². The van der Waals surface area contributed by atoms with Crippen LogP contribution in [0.5, 0.6) is 11.5 Å². The molecular weight excluding hydrogens is 868 g/mol. The molecule has 0 aliphatic carbocycles. The topological polar surface area (TPSA) is 44.9 Å². The van der Waals surface area contributed by atoms with Gasteiger partial charge in [0.05, 0.1) is 11.4 Å². The first kappa shape index (κ1) is 41.2. The van der Waals surface area contributed by atoms with E-state index < -0.39 is 0 Å². The summed E-state index contributed by atoms with van der Waals surface area (Å²) in [4.78, 5) is 4.82. The zero-order valence-electron chi connectivity index (χ0n) is 35.3. The van der Waals surface area contributed by atoms with E-state index in [0.29, 0.717) is 17.4 Å². The second-order valence-electron chi connectivity index (χ2n) is 18.2. The molecule has 56 heavy (non-hydrogen) atoms. The third-order valence-corrected chi connectivity index (χ3v) is 10.6. The number of ether oxygens (including phenoxy) is 1. The van der Waals surface area contributed by atoms with E-state index in [1.54, 1.807) is 0 Å². The smallest absolute Gasteiger partial charge is 0.509 e. The molecule has 292 valence electrons. The minimum absolute atomic E-state index is 0. The van der Waals surface area contributed by atoms with Crippen molar-refractivity contribution in [2.45, 2.75) is 119 Å². The Morgan fingerprint density at radius 1 is 0.679 bits per heavy atom. The number of hydrogen-bond acceptors (Lipinski definition) is 3. The first-order chi connectivity index (χ1) is 25.9. The van der Waals surface area contributed by atoms with Crippen LogP contribution in [0.15, 0.2) is 85.1 Å². The minimum Gasteiger partial charge on any atom is -0.509 e. The summed E-state index contributed by atoms with van der Waals surface area (Å²) in [5.74, 6) is 2.91. The van der Waals surface area contributed by atoms with E-state index in [1.165, 1.54) is 33.5 Å². The van der Waals surface area contributed by atoms with E-state index in [0.717, 1.165) is 44.6 Å². The first-order valence-electron chi connectivity index (χ1n) is 19.8. The van der Waals surface area contributed by atoms with Crippen molar-refractivity contribution in [3.05, 3.63) is 131 Å². The van der Waals surface area contributed by atoms with E-state index >= 15 is 0 Å². The molecular formula is C50H56N4OPt. The Balaban J connectivity index is 0.00000532. The Morgan fingerprint density at radius 3 is 1.98 bits per heavy atom. The molecule has 0 unspecified atom stereocenters. The van der Waals surface area contributed by atoms with Crippen LogP contribution in [0, 0.1) is 19.1 Å². The molecule has 0 aliphatic rings. The molecule has 7 aromatic rings. The van der Waals surface area contributed by atoms with Crippen molar-refractivity contribution in [1.82, 2.24) is 19.3 Å². The van der Waals surface area contributed by atoms with Gasteiger partial charge in [-0.3, -0.25) is 4.68 Å². The van der Waals surface area contributed by atoms with Crippen molar-refractivity contribution >= 4 is 21.8 Å². The molecule has 0 saturated heterocycles. The van der Waals surface area contributed by atoms with Crippen molar-refractivity contribution in [1.29, 1.82) is 0 Å². The second kappa shape index (κ2) is 15.5. The van der Waals surface area contributed by atoms with E-state index in [-0.39, 0.29) is 43.7 Å². The van der Waals surface area contributed by atoms with Gasteiger partial charge in [-0.05, 0) is 80.1 Å². The molecule has 0 fully saturated rings. The Bertz CT molecular complexity index is 2510. The number of benzene rings is 4. The number of pyridine rings is 1. The Labute approximate surface area is 348 Å². The van der Waals surface area contributed by atoms with Crippen molar-refractivity contribution < 1.29 is 25.8 Å². The van der Waals surface area contributed by atoms with Gasteiger partial charge in [0.15, 0.2) is 0 Å². The average molecular weight is 924 g/mol.